The number of carbonyl (C=O) groups excluding carboxylic acids is 10. The molecule has 10 N–H and O–H groups in total. The molecule has 0 fully saturated rings. The minimum Gasteiger partial charge on any atom is -0.356 e. The molecule has 0 aliphatic heterocycles. The van der Waals surface area contributed by atoms with Crippen LogP contribution in [0.1, 0.15) is 110 Å². The molecule has 8 aromatic rings. The van der Waals surface area contributed by atoms with Gasteiger partial charge in [0.25, 0.3) is 47.3 Å². The Morgan fingerprint density at radius 3 is 1.16 bits per heavy atom. The van der Waals surface area contributed by atoms with Gasteiger partial charge in [-0.3, -0.25) is 47.9 Å². The van der Waals surface area contributed by atoms with Gasteiger partial charge in [-0.15, -0.1) is 0 Å². The van der Waals surface area contributed by atoms with Gasteiger partial charge in [0.2, 0.25) is 23.5 Å². The van der Waals surface area contributed by atoms with Crippen LogP contribution in [0.5, 0.6) is 0 Å². The summed E-state index contributed by atoms with van der Waals surface area (Å²) in [7, 11) is 16.9. The fourth-order valence-corrected chi connectivity index (χ4v) is 9.33. The minimum absolute atomic E-state index is 0.0239. The van der Waals surface area contributed by atoms with Crippen LogP contribution < -0.4 is 53.2 Å². The van der Waals surface area contributed by atoms with Crippen molar-refractivity contribution < 1.29 is 47.9 Å². The second-order valence-corrected chi connectivity index (χ2v) is 21.3. The van der Waals surface area contributed by atoms with Gasteiger partial charge in [-0.1, -0.05) is 0 Å². The molecule has 0 saturated heterocycles. The van der Waals surface area contributed by atoms with Gasteiger partial charge in [0, 0.05) is 145 Å². The number of nitrogens with one attached hydrogen (secondary N) is 10. The molecule has 32 heteroatoms. The number of amides is 10. The third kappa shape index (κ3) is 16.2. The first kappa shape index (κ1) is 63.7. The molecule has 8 rings (SSSR count). The van der Waals surface area contributed by atoms with Gasteiger partial charge >= 0.3 is 0 Å². The van der Waals surface area contributed by atoms with Gasteiger partial charge in [-0.25, -0.2) is 15.0 Å². The Morgan fingerprint density at radius 2 is 0.742 bits per heavy atom. The standard InChI is InChI=1S/C57H70N22O10/c1-71(2)19-12-16-58-45(80)14-17-61-51(83)39-22-34(27-73(39)4)63-53(85)41-25-36(29-76(41)7)65-54(86)42-24-35(28-77(42)8)64-52(84)40-21-33(26-75(40)6)62-46(81)13-11-15-60-50(82)38-23-37(30-74(38)5)66-56(88)48-67-44(32-78(48)9)70-57(89)49-68-43(31-79(49)10)69-55(87)47-59-18-20-72(47)3/h18,20-32H,11-17,19H2,1-10H3,(H,58,80)(H,60,82)(H,61,83)(H,62,81)(H,63,85)(H,64,84)(H,65,86)(H,66,88)(H,69,87)(H,70,89). The molecule has 0 bridgehead atoms. The predicted octanol–water partition coefficient (Wildman–Crippen LogP) is 2.43. The Labute approximate surface area is 509 Å². The van der Waals surface area contributed by atoms with E-state index in [0.29, 0.717) is 29.3 Å². The highest BCUT2D eigenvalue weighted by Crippen LogP contribution is 2.23. The molecule has 0 aromatic carbocycles. The van der Waals surface area contributed by atoms with Crippen LogP contribution in [0.3, 0.4) is 0 Å². The highest BCUT2D eigenvalue weighted by atomic mass is 16.2. The third-order valence-corrected chi connectivity index (χ3v) is 13.8. The van der Waals surface area contributed by atoms with Crippen LogP contribution in [-0.2, 0) is 66.0 Å². The van der Waals surface area contributed by atoms with E-state index in [1.54, 1.807) is 91.9 Å². The molecule has 0 spiro atoms. The molecule has 468 valence electrons. The summed E-state index contributed by atoms with van der Waals surface area (Å²) in [6.45, 7) is 1.65. The monoisotopic (exact) mass is 1220 g/mol. The molecule has 0 radical (unpaired) electrons. The van der Waals surface area contributed by atoms with Crippen molar-refractivity contribution in [1.29, 1.82) is 0 Å². The van der Waals surface area contributed by atoms with Crippen molar-refractivity contribution in [1.82, 2.24) is 72.3 Å². The van der Waals surface area contributed by atoms with E-state index in [-0.39, 0.29) is 107 Å². The zero-order valence-electron chi connectivity index (χ0n) is 50.7. The first-order chi connectivity index (χ1) is 42.3. The topological polar surface area (TPSA) is 372 Å². The molecule has 0 aliphatic rings. The molecule has 32 nitrogen and oxygen atoms in total. The molecule has 0 atom stereocenters. The minimum atomic E-state index is -0.655. The van der Waals surface area contributed by atoms with E-state index in [0.717, 1.165) is 13.0 Å². The molecule has 10 amide bonds. The molecule has 8 heterocycles. The van der Waals surface area contributed by atoms with Gasteiger partial charge < -0.3 is 94.6 Å². The molecule has 0 saturated carbocycles. The summed E-state index contributed by atoms with van der Waals surface area (Å²) in [5.41, 5.74) is 2.69. The first-order valence-corrected chi connectivity index (χ1v) is 27.8. The molecule has 89 heavy (non-hydrogen) atoms. The maximum atomic E-state index is 13.5. The predicted molar refractivity (Wildman–Crippen MR) is 328 cm³/mol. The summed E-state index contributed by atoms with van der Waals surface area (Å²) in [5.74, 6) is -4.55. The Bertz CT molecular complexity index is 4020. The van der Waals surface area contributed by atoms with E-state index >= 15 is 0 Å². The molecule has 0 aliphatic carbocycles. The van der Waals surface area contributed by atoms with Crippen LogP contribution >= 0.6 is 0 Å². The summed E-state index contributed by atoms with van der Waals surface area (Å²) < 4.78 is 12.0. The normalized spacial score (nSPS) is 11.0. The lowest BCUT2D eigenvalue weighted by molar-refractivity contribution is -0.121. The van der Waals surface area contributed by atoms with Gasteiger partial charge in [0.05, 0.1) is 28.4 Å². The van der Waals surface area contributed by atoms with Crippen molar-refractivity contribution >= 4 is 99.1 Å². The van der Waals surface area contributed by atoms with E-state index in [9.17, 15) is 47.9 Å². The molecule has 8 aromatic heterocycles. The Morgan fingerprint density at radius 1 is 0.371 bits per heavy atom. The fraction of sp³-hybridized carbons (Fsp3) is 0.316. The lowest BCUT2D eigenvalue weighted by Gasteiger charge is -2.10. The quantitative estimate of drug-likeness (QED) is 0.0348. The Kier molecular flexibility index (Phi) is 19.9. The second-order valence-electron chi connectivity index (χ2n) is 21.3. The van der Waals surface area contributed by atoms with Crippen LogP contribution in [0, 0.1) is 0 Å². The summed E-state index contributed by atoms with van der Waals surface area (Å²) in [4.78, 5) is 145. The summed E-state index contributed by atoms with van der Waals surface area (Å²) >= 11 is 0. The largest absolute Gasteiger partial charge is 0.356 e. The number of aromatic nitrogens is 11. The van der Waals surface area contributed by atoms with Crippen molar-refractivity contribution in [3.8, 4) is 0 Å². The fourth-order valence-electron chi connectivity index (χ4n) is 9.33. The number of nitrogens with zero attached hydrogens (tertiary/aromatic N) is 12. The lowest BCUT2D eigenvalue weighted by Crippen LogP contribution is -2.32. The number of rotatable bonds is 26. The van der Waals surface area contributed by atoms with Crippen LogP contribution in [0.15, 0.2) is 86.1 Å². The van der Waals surface area contributed by atoms with E-state index in [1.165, 1.54) is 87.1 Å². The Balaban J connectivity index is 0.747. The summed E-state index contributed by atoms with van der Waals surface area (Å²) in [6, 6.07) is 7.45. The van der Waals surface area contributed by atoms with E-state index in [2.05, 4.69) is 68.1 Å². The summed E-state index contributed by atoms with van der Waals surface area (Å²) in [5, 5.41) is 27.4. The van der Waals surface area contributed by atoms with Crippen molar-refractivity contribution in [2.24, 2.45) is 56.4 Å². The third-order valence-electron chi connectivity index (χ3n) is 13.8. The average molecular weight is 1220 g/mol. The van der Waals surface area contributed by atoms with Crippen LogP contribution in [0.4, 0.5) is 40.1 Å². The molecular weight excluding hydrogens is 1150 g/mol. The van der Waals surface area contributed by atoms with Gasteiger partial charge in [0.1, 0.15) is 28.5 Å². The SMILES string of the molecule is CN(C)CCCNC(=O)CCNC(=O)c1cc(NC(=O)c2cc(NC(=O)c3cc(NC(=O)c4cc(NC(=O)CCCNC(=O)c5cc(NC(=O)c6nc(NC(=O)c7nc(NC(=O)c8nccn8C)cn7C)cn6C)cn5C)cn4C)cn3C)cn2C)cn1C. The van der Waals surface area contributed by atoms with E-state index in [1.807, 2.05) is 19.0 Å². The molecule has 0 unspecified atom stereocenters. The van der Waals surface area contributed by atoms with Gasteiger partial charge in [0.15, 0.2) is 17.5 Å². The number of aryl methyl sites for hydroxylation is 8. The smallest absolute Gasteiger partial charge is 0.292 e. The van der Waals surface area contributed by atoms with E-state index < -0.39 is 47.3 Å². The molecular formula is C57H70N22O10. The zero-order valence-corrected chi connectivity index (χ0v) is 50.7. The zero-order chi connectivity index (χ0) is 64.4. The van der Waals surface area contributed by atoms with Crippen LogP contribution in [0.25, 0.3) is 0 Å². The van der Waals surface area contributed by atoms with Gasteiger partial charge in [-0.2, -0.15) is 0 Å². The number of imidazole rings is 3. The van der Waals surface area contributed by atoms with E-state index in [4.69, 9.17) is 0 Å². The van der Waals surface area contributed by atoms with Crippen molar-refractivity contribution in [3.63, 3.8) is 0 Å². The number of carbonyl (C=O) groups is 10. The van der Waals surface area contributed by atoms with Crippen LogP contribution in [-0.4, -0.2) is 156 Å². The van der Waals surface area contributed by atoms with Crippen molar-refractivity contribution in [2.75, 3.05) is 77.5 Å². The first-order valence-electron chi connectivity index (χ1n) is 27.8. The number of anilines is 7. The maximum Gasteiger partial charge on any atom is 0.292 e. The number of hydrogen-bond donors (Lipinski definition) is 10. The second kappa shape index (κ2) is 27.8. The lowest BCUT2D eigenvalue weighted by atomic mass is 10.2. The maximum absolute atomic E-state index is 13.5. The highest BCUT2D eigenvalue weighted by molar-refractivity contribution is 6.10. The average Bonchev–Trinajstić information content (AvgIpc) is 2.77. The number of hydrogen-bond acceptors (Lipinski definition) is 14. The summed E-state index contributed by atoms with van der Waals surface area (Å²) in [6.07, 6.45) is 15.0. The highest BCUT2D eigenvalue weighted by Gasteiger charge is 2.24. The van der Waals surface area contributed by atoms with Crippen molar-refractivity contribution in [3.05, 3.63) is 132 Å². The van der Waals surface area contributed by atoms with Crippen molar-refractivity contribution in [2.45, 2.75) is 25.7 Å². The van der Waals surface area contributed by atoms with Gasteiger partial charge in [-0.05, 0) is 63.8 Å². The Hall–Kier alpha value is -11.3. The van der Waals surface area contributed by atoms with Crippen LogP contribution in [0.2, 0.25) is 0 Å².